The molecule has 0 radical (unpaired) electrons. The quantitative estimate of drug-likeness (QED) is 0.581. The van der Waals surface area contributed by atoms with E-state index < -0.39 is 0 Å². The van der Waals surface area contributed by atoms with Gasteiger partial charge in [-0.15, -0.1) is 11.3 Å². The van der Waals surface area contributed by atoms with Gasteiger partial charge in [-0.05, 0) is 47.7 Å². The van der Waals surface area contributed by atoms with Gasteiger partial charge in [-0.2, -0.15) is 0 Å². The molecule has 2 nitrogen and oxygen atoms in total. The molecule has 0 saturated heterocycles. The van der Waals surface area contributed by atoms with Crippen LogP contribution in [0.4, 0.5) is 5.69 Å². The van der Waals surface area contributed by atoms with Gasteiger partial charge in [0.25, 0.3) is 0 Å². The molecule has 1 aliphatic carbocycles. The maximum atomic E-state index is 4.37. The van der Waals surface area contributed by atoms with Crippen LogP contribution in [0, 0.1) is 0 Å². The van der Waals surface area contributed by atoms with Gasteiger partial charge in [0, 0.05) is 11.1 Å². The van der Waals surface area contributed by atoms with Crippen LogP contribution >= 0.6 is 11.3 Å². The van der Waals surface area contributed by atoms with Gasteiger partial charge in [0.15, 0.2) is 0 Å². The Kier molecular flexibility index (Phi) is 3.00. The van der Waals surface area contributed by atoms with Gasteiger partial charge in [-0.25, -0.2) is 4.98 Å². The van der Waals surface area contributed by atoms with Crippen LogP contribution in [0.15, 0.2) is 53.4 Å². The van der Waals surface area contributed by atoms with Gasteiger partial charge < -0.3 is 5.32 Å². The molecule has 1 unspecified atom stereocenters. The number of rotatable bonds is 3. The molecule has 3 aromatic rings. The number of hydrogen-bond acceptors (Lipinski definition) is 3. The van der Waals surface area contributed by atoms with E-state index in [0.29, 0.717) is 0 Å². The average Bonchev–Trinajstić information content (AvgIpc) is 3.14. The van der Waals surface area contributed by atoms with Gasteiger partial charge in [-0.3, -0.25) is 0 Å². The summed E-state index contributed by atoms with van der Waals surface area (Å²) in [4.78, 5) is 4.37. The van der Waals surface area contributed by atoms with Gasteiger partial charge in [-0.1, -0.05) is 30.3 Å². The fourth-order valence-corrected chi connectivity index (χ4v) is 3.64. The molecule has 1 aromatic heterocycles. The Hall–Kier alpha value is -2.13. The third kappa shape index (κ3) is 2.24. The molecule has 1 atom stereocenters. The number of thiazole rings is 1. The summed E-state index contributed by atoms with van der Waals surface area (Å²) in [5, 5.41) is 5.64. The normalized spacial score (nSPS) is 13.6. The zero-order chi connectivity index (χ0) is 14.2. The van der Waals surface area contributed by atoms with Crippen molar-refractivity contribution in [2.45, 2.75) is 19.4 Å². The molecule has 0 saturated carbocycles. The van der Waals surface area contributed by atoms with Crippen molar-refractivity contribution in [2.75, 3.05) is 5.32 Å². The summed E-state index contributed by atoms with van der Waals surface area (Å²) in [6.45, 7) is 2.15. The van der Waals surface area contributed by atoms with E-state index in [1.165, 1.54) is 27.9 Å². The Morgan fingerprint density at radius 2 is 1.95 bits per heavy atom. The molecule has 1 N–H and O–H groups in total. The van der Waals surface area contributed by atoms with Crippen LogP contribution in [0.25, 0.3) is 11.1 Å². The lowest BCUT2D eigenvalue weighted by Gasteiger charge is -2.14. The summed E-state index contributed by atoms with van der Waals surface area (Å²) >= 11 is 1.64. The van der Waals surface area contributed by atoms with E-state index in [1.54, 1.807) is 11.3 Å². The van der Waals surface area contributed by atoms with Crippen LogP contribution in [0.5, 0.6) is 0 Å². The molecule has 4 rings (SSSR count). The van der Waals surface area contributed by atoms with Crippen molar-refractivity contribution in [3.63, 3.8) is 0 Å². The molecule has 104 valence electrons. The third-order valence-corrected chi connectivity index (χ3v) is 4.68. The molecule has 21 heavy (non-hydrogen) atoms. The standard InChI is InChI=1S/C18H16N2S/c1-12(18-10-21-11-19-18)20-15-6-7-17-14(9-15)8-13-4-2-3-5-16(13)17/h2-7,9-12,20H,8H2,1H3. The van der Waals surface area contributed by atoms with E-state index in [1.807, 2.05) is 5.51 Å². The van der Waals surface area contributed by atoms with Crippen molar-refractivity contribution in [2.24, 2.45) is 0 Å². The molecule has 2 aromatic carbocycles. The zero-order valence-electron chi connectivity index (χ0n) is 11.8. The fourth-order valence-electron chi connectivity index (χ4n) is 2.99. The van der Waals surface area contributed by atoms with Crippen LogP contribution in [0.1, 0.15) is 29.8 Å². The second-order valence-electron chi connectivity index (χ2n) is 5.49. The monoisotopic (exact) mass is 292 g/mol. The van der Waals surface area contributed by atoms with Gasteiger partial charge in [0.1, 0.15) is 0 Å². The fraction of sp³-hybridized carbons (Fsp3) is 0.167. The van der Waals surface area contributed by atoms with Gasteiger partial charge in [0.05, 0.1) is 17.2 Å². The maximum absolute atomic E-state index is 4.37. The predicted octanol–water partition coefficient (Wildman–Crippen LogP) is 4.89. The second-order valence-corrected chi connectivity index (χ2v) is 6.20. The Morgan fingerprint density at radius 1 is 1.10 bits per heavy atom. The van der Waals surface area contributed by atoms with E-state index >= 15 is 0 Å². The molecule has 0 fully saturated rings. The first-order valence-electron chi connectivity index (χ1n) is 7.17. The lowest BCUT2D eigenvalue weighted by molar-refractivity contribution is 0.850. The van der Waals surface area contributed by atoms with E-state index in [4.69, 9.17) is 0 Å². The molecule has 1 heterocycles. The summed E-state index contributed by atoms with van der Waals surface area (Å²) in [6.07, 6.45) is 1.03. The molecule has 1 aliphatic rings. The van der Waals surface area contributed by atoms with Crippen molar-refractivity contribution in [3.8, 4) is 11.1 Å². The van der Waals surface area contributed by atoms with E-state index in [9.17, 15) is 0 Å². The number of hydrogen-bond donors (Lipinski definition) is 1. The van der Waals surface area contributed by atoms with Crippen molar-refractivity contribution in [1.82, 2.24) is 4.98 Å². The number of aromatic nitrogens is 1. The van der Waals surface area contributed by atoms with Crippen molar-refractivity contribution in [1.29, 1.82) is 0 Å². The highest BCUT2D eigenvalue weighted by Crippen LogP contribution is 2.38. The van der Waals surface area contributed by atoms with E-state index in [2.05, 4.69) is 65.1 Å². The predicted molar refractivity (Wildman–Crippen MR) is 88.8 cm³/mol. The van der Waals surface area contributed by atoms with E-state index in [-0.39, 0.29) is 6.04 Å². The summed E-state index contributed by atoms with van der Waals surface area (Å²) in [5.41, 5.74) is 9.74. The molecule has 0 spiro atoms. The smallest absolute Gasteiger partial charge is 0.0795 e. The maximum Gasteiger partial charge on any atom is 0.0795 e. The van der Waals surface area contributed by atoms with Crippen LogP contribution in [-0.4, -0.2) is 4.98 Å². The molecule has 3 heteroatoms. The van der Waals surface area contributed by atoms with Crippen molar-refractivity contribution < 1.29 is 0 Å². The number of nitrogens with one attached hydrogen (secondary N) is 1. The molecular formula is C18H16N2S. The second kappa shape index (κ2) is 5.01. The largest absolute Gasteiger partial charge is 0.377 e. The van der Waals surface area contributed by atoms with Crippen LogP contribution in [0.2, 0.25) is 0 Å². The van der Waals surface area contributed by atoms with Gasteiger partial charge in [0.2, 0.25) is 0 Å². The van der Waals surface area contributed by atoms with E-state index in [0.717, 1.165) is 12.1 Å². The highest BCUT2D eigenvalue weighted by Gasteiger charge is 2.18. The number of nitrogens with zero attached hydrogens (tertiary/aromatic N) is 1. The summed E-state index contributed by atoms with van der Waals surface area (Å²) in [6, 6.07) is 15.6. The molecular weight excluding hydrogens is 276 g/mol. The lowest BCUT2D eigenvalue weighted by Crippen LogP contribution is -2.06. The topological polar surface area (TPSA) is 24.9 Å². The Labute approximate surface area is 128 Å². The first-order valence-corrected chi connectivity index (χ1v) is 8.11. The SMILES string of the molecule is CC(Nc1ccc2c(c1)Cc1ccccc1-2)c1cscn1. The molecule has 0 aliphatic heterocycles. The van der Waals surface area contributed by atoms with Crippen molar-refractivity contribution >= 4 is 17.0 Å². The first-order chi connectivity index (χ1) is 10.3. The summed E-state index contributed by atoms with van der Waals surface area (Å²) in [5.74, 6) is 0. The minimum atomic E-state index is 0.234. The third-order valence-electron chi connectivity index (χ3n) is 4.07. The highest BCUT2D eigenvalue weighted by molar-refractivity contribution is 7.07. The molecule has 0 amide bonds. The average molecular weight is 292 g/mol. The summed E-state index contributed by atoms with van der Waals surface area (Å²) < 4.78 is 0. The highest BCUT2D eigenvalue weighted by atomic mass is 32.1. The Bertz CT molecular complexity index is 778. The van der Waals surface area contributed by atoms with Gasteiger partial charge >= 0.3 is 0 Å². The van der Waals surface area contributed by atoms with Crippen LogP contribution in [-0.2, 0) is 6.42 Å². The molecule has 0 bridgehead atoms. The number of benzene rings is 2. The Balaban J connectivity index is 1.62. The first kappa shape index (κ1) is 12.6. The Morgan fingerprint density at radius 3 is 2.81 bits per heavy atom. The minimum absolute atomic E-state index is 0.234. The van der Waals surface area contributed by atoms with Crippen molar-refractivity contribution in [3.05, 3.63) is 70.2 Å². The van der Waals surface area contributed by atoms with Crippen LogP contribution in [0.3, 0.4) is 0 Å². The summed E-state index contributed by atoms with van der Waals surface area (Å²) in [7, 11) is 0. The number of fused-ring (bicyclic) bond motifs is 3. The van der Waals surface area contributed by atoms with Crippen LogP contribution < -0.4 is 5.32 Å². The lowest BCUT2D eigenvalue weighted by atomic mass is 10.1. The number of anilines is 1. The zero-order valence-corrected chi connectivity index (χ0v) is 12.7. The minimum Gasteiger partial charge on any atom is -0.377 e.